The molecular weight excluding hydrogens is 294 g/mol. The Labute approximate surface area is 111 Å². The van der Waals surface area contributed by atoms with Crippen molar-refractivity contribution in [2.45, 2.75) is 17.6 Å². The third kappa shape index (κ3) is 2.72. The van der Waals surface area contributed by atoms with Gasteiger partial charge in [-0.15, -0.1) is 0 Å². The lowest BCUT2D eigenvalue weighted by Gasteiger charge is -2.21. The maximum absolute atomic E-state index is 12.2. The fourth-order valence-electron chi connectivity index (χ4n) is 1.94. The molecule has 7 nitrogen and oxygen atoms in total. The molecule has 1 atom stereocenters. The van der Waals surface area contributed by atoms with Crippen molar-refractivity contribution in [1.29, 1.82) is 0 Å². The van der Waals surface area contributed by atoms with E-state index in [1.54, 1.807) is 0 Å². The highest BCUT2D eigenvalue weighted by molar-refractivity contribution is 7.92. The van der Waals surface area contributed by atoms with Crippen LogP contribution in [0, 0.1) is 0 Å². The molecule has 2 rings (SSSR count). The molecule has 1 unspecified atom stereocenters. The first-order valence-electron chi connectivity index (χ1n) is 5.50. The monoisotopic (exact) mass is 307 g/mol. The van der Waals surface area contributed by atoms with Gasteiger partial charge in [0.15, 0.2) is 21.9 Å². The van der Waals surface area contributed by atoms with Crippen molar-refractivity contribution < 1.29 is 26.0 Å². The molecule has 106 valence electrons. The summed E-state index contributed by atoms with van der Waals surface area (Å²) in [5, 5.41) is -0.360. The molecule has 9 heteroatoms. The van der Waals surface area contributed by atoms with E-state index in [0.29, 0.717) is 6.29 Å². The van der Waals surface area contributed by atoms with Crippen molar-refractivity contribution in [2.75, 3.05) is 18.6 Å². The number of furan rings is 1. The van der Waals surface area contributed by atoms with Crippen LogP contribution >= 0.6 is 0 Å². The topological polar surface area (TPSA) is 102 Å². The maximum atomic E-state index is 12.2. The third-order valence-corrected chi connectivity index (χ3v) is 6.61. The van der Waals surface area contributed by atoms with Crippen LogP contribution in [0.1, 0.15) is 17.0 Å². The SMILES string of the molecule is CN(C1CCS(=O)(=O)C1)S(=O)(=O)c1ccc(C=O)o1. The highest BCUT2D eigenvalue weighted by Gasteiger charge is 2.37. The molecule has 0 bridgehead atoms. The van der Waals surface area contributed by atoms with Gasteiger partial charge in [-0.2, -0.15) is 4.31 Å². The van der Waals surface area contributed by atoms with Crippen LogP contribution in [0.25, 0.3) is 0 Å². The van der Waals surface area contributed by atoms with E-state index in [9.17, 15) is 21.6 Å². The summed E-state index contributed by atoms with van der Waals surface area (Å²) >= 11 is 0. The van der Waals surface area contributed by atoms with E-state index in [1.165, 1.54) is 19.2 Å². The van der Waals surface area contributed by atoms with Gasteiger partial charge in [-0.25, -0.2) is 16.8 Å². The smallest absolute Gasteiger partial charge is 0.276 e. The highest BCUT2D eigenvalue weighted by atomic mass is 32.2. The van der Waals surface area contributed by atoms with E-state index in [1.807, 2.05) is 0 Å². The van der Waals surface area contributed by atoms with Crippen LogP contribution in [0.5, 0.6) is 0 Å². The van der Waals surface area contributed by atoms with Crippen molar-refractivity contribution in [3.8, 4) is 0 Å². The zero-order valence-electron chi connectivity index (χ0n) is 10.1. The van der Waals surface area contributed by atoms with E-state index < -0.39 is 25.9 Å². The van der Waals surface area contributed by atoms with E-state index in [2.05, 4.69) is 0 Å². The summed E-state index contributed by atoms with van der Waals surface area (Å²) in [5.41, 5.74) is 0. The zero-order valence-corrected chi connectivity index (χ0v) is 11.8. The number of rotatable bonds is 4. The zero-order chi connectivity index (χ0) is 14.3. The molecule has 1 aliphatic rings. The van der Waals surface area contributed by atoms with Gasteiger partial charge in [0, 0.05) is 13.1 Å². The molecule has 1 aliphatic heterocycles. The number of carbonyl (C=O) groups excluding carboxylic acids is 1. The van der Waals surface area contributed by atoms with Gasteiger partial charge in [0.2, 0.25) is 5.09 Å². The Hall–Kier alpha value is -1.19. The van der Waals surface area contributed by atoms with Crippen molar-refractivity contribution in [2.24, 2.45) is 0 Å². The lowest BCUT2D eigenvalue weighted by molar-refractivity contribution is 0.109. The van der Waals surface area contributed by atoms with Crippen LogP contribution in [0.2, 0.25) is 0 Å². The summed E-state index contributed by atoms with van der Waals surface area (Å²) in [6, 6.07) is 1.83. The Morgan fingerprint density at radius 2 is 2.11 bits per heavy atom. The second-order valence-electron chi connectivity index (χ2n) is 4.35. The fourth-order valence-corrected chi connectivity index (χ4v) is 5.10. The van der Waals surface area contributed by atoms with Gasteiger partial charge >= 0.3 is 0 Å². The van der Waals surface area contributed by atoms with Crippen LogP contribution in [0.4, 0.5) is 0 Å². The maximum Gasteiger partial charge on any atom is 0.276 e. The molecule has 0 N–H and O–H groups in total. The lowest BCUT2D eigenvalue weighted by Crippen LogP contribution is -2.37. The Morgan fingerprint density at radius 3 is 2.58 bits per heavy atom. The molecular formula is C10H13NO6S2. The average Bonchev–Trinajstić information content (AvgIpc) is 2.94. The number of nitrogens with zero attached hydrogens (tertiary/aromatic N) is 1. The number of carbonyl (C=O) groups is 1. The van der Waals surface area contributed by atoms with Crippen LogP contribution in [0.3, 0.4) is 0 Å². The first kappa shape index (κ1) is 14.2. The Bertz CT molecular complexity index is 687. The first-order chi connectivity index (χ1) is 8.76. The van der Waals surface area contributed by atoms with Crippen LogP contribution < -0.4 is 0 Å². The van der Waals surface area contributed by atoms with Crippen LogP contribution in [0.15, 0.2) is 21.6 Å². The largest absolute Gasteiger partial charge is 0.440 e. The number of aldehydes is 1. The molecule has 0 spiro atoms. The van der Waals surface area contributed by atoms with Gasteiger partial charge in [-0.1, -0.05) is 0 Å². The van der Waals surface area contributed by atoms with Crippen molar-refractivity contribution in [3.05, 3.63) is 17.9 Å². The minimum Gasteiger partial charge on any atom is -0.440 e. The molecule has 0 radical (unpaired) electrons. The molecule has 1 aromatic heterocycles. The minimum atomic E-state index is -3.92. The van der Waals surface area contributed by atoms with Crippen molar-refractivity contribution >= 4 is 26.1 Å². The summed E-state index contributed by atoms with van der Waals surface area (Å²) in [7, 11) is -5.78. The van der Waals surface area contributed by atoms with Gasteiger partial charge in [0.1, 0.15) is 0 Å². The van der Waals surface area contributed by atoms with E-state index >= 15 is 0 Å². The van der Waals surface area contributed by atoms with E-state index in [-0.39, 0.29) is 28.8 Å². The van der Waals surface area contributed by atoms with Gasteiger partial charge in [-0.3, -0.25) is 4.79 Å². The molecule has 2 heterocycles. The fraction of sp³-hybridized carbons (Fsp3) is 0.500. The van der Waals surface area contributed by atoms with Gasteiger partial charge < -0.3 is 4.42 Å². The van der Waals surface area contributed by atoms with Crippen LogP contribution in [-0.2, 0) is 19.9 Å². The second-order valence-corrected chi connectivity index (χ2v) is 8.51. The summed E-state index contributed by atoms with van der Waals surface area (Å²) in [6.07, 6.45) is 0.665. The standard InChI is InChI=1S/C10H13NO6S2/c1-11(8-4-5-18(13,14)7-8)19(15,16)10-3-2-9(6-12)17-10/h2-3,6,8H,4-5,7H2,1H3. The predicted octanol–water partition coefficient (Wildman–Crippen LogP) is -0.100. The second kappa shape index (κ2) is 4.73. The lowest BCUT2D eigenvalue weighted by atomic mass is 10.3. The average molecular weight is 307 g/mol. The Balaban J connectivity index is 2.27. The number of hydrogen-bond donors (Lipinski definition) is 0. The van der Waals surface area contributed by atoms with E-state index in [4.69, 9.17) is 4.42 Å². The molecule has 0 aromatic carbocycles. The summed E-state index contributed by atoms with van der Waals surface area (Å²) in [6.45, 7) is 0. The Kier molecular flexibility index (Phi) is 3.54. The van der Waals surface area contributed by atoms with E-state index in [0.717, 1.165) is 4.31 Å². The third-order valence-electron chi connectivity index (χ3n) is 3.07. The quantitative estimate of drug-likeness (QED) is 0.720. The summed E-state index contributed by atoms with van der Waals surface area (Å²) in [4.78, 5) is 10.5. The molecule has 1 saturated heterocycles. The van der Waals surface area contributed by atoms with Crippen molar-refractivity contribution in [3.63, 3.8) is 0 Å². The molecule has 0 aliphatic carbocycles. The number of sulfonamides is 1. The Morgan fingerprint density at radius 1 is 1.42 bits per heavy atom. The number of hydrogen-bond acceptors (Lipinski definition) is 6. The normalized spacial score (nSPS) is 22.7. The van der Waals surface area contributed by atoms with Gasteiger partial charge in [0.05, 0.1) is 11.5 Å². The highest BCUT2D eigenvalue weighted by Crippen LogP contribution is 2.24. The minimum absolute atomic E-state index is 0.0186. The predicted molar refractivity (Wildman–Crippen MR) is 66.1 cm³/mol. The van der Waals surface area contributed by atoms with Gasteiger partial charge in [-0.05, 0) is 18.6 Å². The van der Waals surface area contributed by atoms with Crippen LogP contribution in [-0.4, -0.2) is 52.0 Å². The number of sulfone groups is 1. The summed E-state index contributed by atoms with van der Waals surface area (Å²) < 4.78 is 53.0. The summed E-state index contributed by atoms with van der Waals surface area (Å²) in [5.74, 6) is -0.301. The molecule has 1 fully saturated rings. The molecule has 19 heavy (non-hydrogen) atoms. The first-order valence-corrected chi connectivity index (χ1v) is 8.76. The molecule has 0 saturated carbocycles. The molecule has 0 amide bonds. The van der Waals surface area contributed by atoms with Gasteiger partial charge in [0.25, 0.3) is 10.0 Å². The van der Waals surface area contributed by atoms with Crippen molar-refractivity contribution in [1.82, 2.24) is 4.31 Å². The molecule has 1 aromatic rings.